The molecule has 3 rings (SSSR count). The van der Waals surface area contributed by atoms with E-state index in [2.05, 4.69) is 66.4 Å². The van der Waals surface area contributed by atoms with Gasteiger partial charge in [-0.05, 0) is 54.7 Å². The molecule has 2 aromatic carbocycles. The zero-order chi connectivity index (χ0) is 23.2. The minimum absolute atomic E-state index is 0.176. The summed E-state index contributed by atoms with van der Waals surface area (Å²) in [7, 11) is 5.58. The minimum atomic E-state index is -0.176. The number of methoxy groups -OCH3 is 1. The maximum atomic E-state index is 11.4. The fraction of sp³-hybridized carbons (Fsp3) is 0.407. The average molecular weight is 423 g/mol. The van der Waals surface area contributed by atoms with Crippen LogP contribution in [0.1, 0.15) is 56.5 Å². The van der Waals surface area contributed by atoms with E-state index in [1.54, 1.807) is 0 Å². The molecular weight excluding hydrogens is 384 g/mol. The molecule has 31 heavy (non-hydrogen) atoms. The van der Waals surface area contributed by atoms with Crippen LogP contribution in [0, 0.1) is 0 Å². The first-order chi connectivity index (χ1) is 15.0. The third-order valence-electron chi connectivity index (χ3n) is 4.62. The molecule has 4 nitrogen and oxygen atoms in total. The largest absolute Gasteiger partial charge is 0.469 e. The van der Waals surface area contributed by atoms with Gasteiger partial charge in [-0.25, -0.2) is 0 Å². The molecule has 0 aliphatic carbocycles. The number of aromatic nitrogens is 1. The van der Waals surface area contributed by atoms with Crippen molar-refractivity contribution in [3.63, 3.8) is 0 Å². The molecular formula is C27H38N2O2. The lowest BCUT2D eigenvalue weighted by molar-refractivity contribution is -0.140. The molecule has 0 bridgehead atoms. The van der Waals surface area contributed by atoms with Crippen molar-refractivity contribution in [2.75, 3.05) is 21.2 Å². The number of pyridine rings is 1. The number of benzene rings is 2. The van der Waals surface area contributed by atoms with E-state index >= 15 is 0 Å². The van der Waals surface area contributed by atoms with Crippen molar-refractivity contribution in [3.05, 3.63) is 77.1 Å². The quantitative estimate of drug-likeness (QED) is 0.435. The van der Waals surface area contributed by atoms with Crippen LogP contribution in [0.25, 0.3) is 10.8 Å². The summed E-state index contributed by atoms with van der Waals surface area (Å²) < 4.78 is 4.73. The van der Waals surface area contributed by atoms with Gasteiger partial charge in [-0.1, -0.05) is 64.1 Å². The maximum absolute atomic E-state index is 11.4. The van der Waals surface area contributed by atoms with Crippen molar-refractivity contribution in [1.29, 1.82) is 0 Å². The number of carbonyl (C=O) groups is 1. The average Bonchev–Trinajstić information content (AvgIpc) is 2.80. The number of hydrogen-bond donors (Lipinski definition) is 0. The van der Waals surface area contributed by atoms with Crippen molar-refractivity contribution in [3.8, 4) is 0 Å². The number of esters is 1. The van der Waals surface area contributed by atoms with Crippen LogP contribution in [0.2, 0.25) is 0 Å². The molecule has 0 N–H and O–H groups in total. The van der Waals surface area contributed by atoms with E-state index in [0.29, 0.717) is 12.8 Å². The highest BCUT2D eigenvalue weighted by Gasteiger charge is 2.07. The Hall–Kier alpha value is -2.72. The normalized spacial score (nSPS) is 10.1. The van der Waals surface area contributed by atoms with Gasteiger partial charge in [-0.15, -0.1) is 0 Å². The highest BCUT2D eigenvalue weighted by molar-refractivity contribution is 5.85. The van der Waals surface area contributed by atoms with Crippen molar-refractivity contribution in [2.45, 2.75) is 53.5 Å². The van der Waals surface area contributed by atoms with Crippen LogP contribution in [0.5, 0.6) is 0 Å². The summed E-state index contributed by atoms with van der Waals surface area (Å²) in [6, 6.07) is 17.0. The van der Waals surface area contributed by atoms with Crippen LogP contribution >= 0.6 is 0 Å². The minimum Gasteiger partial charge on any atom is -0.469 e. The molecule has 0 saturated carbocycles. The number of fused-ring (bicyclic) bond motifs is 1. The summed E-state index contributed by atoms with van der Waals surface area (Å²) in [5.74, 6) is -0.176. The zero-order valence-electron chi connectivity index (χ0n) is 20.2. The lowest BCUT2D eigenvalue weighted by Crippen LogP contribution is -2.10. The van der Waals surface area contributed by atoms with Crippen molar-refractivity contribution in [1.82, 2.24) is 9.88 Å². The summed E-state index contributed by atoms with van der Waals surface area (Å²) in [5, 5.41) is 2.42. The standard InChI is InChI=1S/C23H26N2O2.2C2H6/c1-25(2)16-19-7-9-21-20(14-19)11-12-24-22(21)15-18-6-4-5-17(13-18)8-10-23(26)27-3;2*1-2/h4-7,9,11-14H,8,10,15-16H2,1-3H3;2*1-2H3. The number of hydrogen-bond acceptors (Lipinski definition) is 4. The van der Waals surface area contributed by atoms with Gasteiger partial charge in [0, 0.05) is 31.0 Å². The number of aryl methyl sites for hydroxylation is 1. The first kappa shape index (κ1) is 26.3. The molecule has 0 radical (unpaired) electrons. The molecule has 0 atom stereocenters. The van der Waals surface area contributed by atoms with Crippen LogP contribution in [0.3, 0.4) is 0 Å². The summed E-state index contributed by atoms with van der Waals surface area (Å²) in [5.41, 5.74) is 4.73. The van der Waals surface area contributed by atoms with Crippen molar-refractivity contribution in [2.24, 2.45) is 0 Å². The summed E-state index contributed by atoms with van der Waals surface area (Å²) in [6.45, 7) is 8.93. The van der Waals surface area contributed by atoms with Gasteiger partial charge in [0.2, 0.25) is 0 Å². The Morgan fingerprint density at radius 1 is 0.935 bits per heavy atom. The Bertz CT molecular complexity index is 935. The predicted molar refractivity (Wildman–Crippen MR) is 131 cm³/mol. The highest BCUT2D eigenvalue weighted by Crippen LogP contribution is 2.22. The predicted octanol–water partition coefficient (Wildman–Crippen LogP) is 6.05. The number of nitrogens with zero attached hydrogens (tertiary/aromatic N) is 2. The first-order valence-electron chi connectivity index (χ1n) is 11.2. The van der Waals surface area contributed by atoms with Gasteiger partial charge >= 0.3 is 5.97 Å². The molecule has 0 aliphatic heterocycles. The Morgan fingerprint density at radius 3 is 2.32 bits per heavy atom. The second kappa shape index (κ2) is 14.3. The Kier molecular flexibility index (Phi) is 12.2. The monoisotopic (exact) mass is 422 g/mol. The molecule has 0 unspecified atom stereocenters. The van der Waals surface area contributed by atoms with E-state index < -0.39 is 0 Å². The SMILES string of the molecule is CC.CC.COC(=O)CCc1cccc(Cc2nccc3cc(CN(C)C)ccc23)c1. The van der Waals surface area contributed by atoms with Crippen molar-refractivity contribution >= 4 is 16.7 Å². The topological polar surface area (TPSA) is 42.4 Å². The molecule has 168 valence electrons. The van der Waals surface area contributed by atoms with E-state index in [1.807, 2.05) is 40.0 Å². The number of carbonyl (C=O) groups excluding carboxylic acids is 1. The number of ether oxygens (including phenoxy) is 1. The van der Waals surface area contributed by atoms with Crippen molar-refractivity contribution < 1.29 is 9.53 Å². The first-order valence-corrected chi connectivity index (χ1v) is 11.2. The second-order valence-corrected chi connectivity index (χ2v) is 7.12. The molecule has 0 saturated heterocycles. The smallest absolute Gasteiger partial charge is 0.305 e. The summed E-state index contributed by atoms with van der Waals surface area (Å²) in [6.07, 6.45) is 3.76. The Labute approximate surface area is 188 Å². The molecule has 1 aromatic heterocycles. The molecule has 4 heteroatoms. The molecule has 0 aliphatic rings. The summed E-state index contributed by atoms with van der Waals surface area (Å²) >= 11 is 0. The van der Waals surface area contributed by atoms with Crippen LogP contribution in [-0.2, 0) is 28.9 Å². The van der Waals surface area contributed by atoms with Crippen LogP contribution in [-0.4, -0.2) is 37.1 Å². The fourth-order valence-electron chi connectivity index (χ4n) is 3.33. The Morgan fingerprint density at radius 2 is 1.65 bits per heavy atom. The third kappa shape index (κ3) is 8.50. The van der Waals surface area contributed by atoms with E-state index in [1.165, 1.54) is 29.0 Å². The molecule has 1 heterocycles. The van der Waals surface area contributed by atoms with E-state index in [0.717, 1.165) is 24.2 Å². The lowest BCUT2D eigenvalue weighted by Gasteiger charge is -2.12. The third-order valence-corrected chi connectivity index (χ3v) is 4.62. The second-order valence-electron chi connectivity index (χ2n) is 7.12. The van der Waals surface area contributed by atoms with Gasteiger partial charge in [0.05, 0.1) is 12.8 Å². The van der Waals surface area contributed by atoms with Crippen LogP contribution in [0.15, 0.2) is 54.7 Å². The highest BCUT2D eigenvalue weighted by atomic mass is 16.5. The van der Waals surface area contributed by atoms with Gasteiger partial charge in [0.1, 0.15) is 0 Å². The lowest BCUT2D eigenvalue weighted by atomic mass is 9.99. The van der Waals surface area contributed by atoms with Gasteiger partial charge in [-0.3, -0.25) is 9.78 Å². The Balaban J connectivity index is 0.00000113. The fourth-order valence-corrected chi connectivity index (χ4v) is 3.33. The van der Waals surface area contributed by atoms with Crippen LogP contribution < -0.4 is 0 Å². The summed E-state index contributed by atoms with van der Waals surface area (Å²) in [4.78, 5) is 18.2. The van der Waals surface area contributed by atoms with Gasteiger partial charge < -0.3 is 9.64 Å². The van der Waals surface area contributed by atoms with Gasteiger partial charge in [0.15, 0.2) is 0 Å². The molecule has 0 amide bonds. The van der Waals surface area contributed by atoms with E-state index in [4.69, 9.17) is 4.74 Å². The molecule has 3 aromatic rings. The van der Waals surface area contributed by atoms with Crippen LogP contribution in [0.4, 0.5) is 0 Å². The molecule has 0 fully saturated rings. The van der Waals surface area contributed by atoms with Gasteiger partial charge in [-0.2, -0.15) is 0 Å². The van der Waals surface area contributed by atoms with E-state index in [-0.39, 0.29) is 5.97 Å². The molecule has 0 spiro atoms. The maximum Gasteiger partial charge on any atom is 0.305 e. The van der Waals surface area contributed by atoms with Gasteiger partial charge in [0.25, 0.3) is 0 Å². The zero-order valence-corrected chi connectivity index (χ0v) is 20.2. The number of rotatable bonds is 7. The van der Waals surface area contributed by atoms with E-state index in [9.17, 15) is 4.79 Å².